The summed E-state index contributed by atoms with van der Waals surface area (Å²) < 4.78 is 34.1. The number of alkyl halides is 2. The van der Waals surface area contributed by atoms with Gasteiger partial charge in [-0.15, -0.1) is 0 Å². The molecule has 0 radical (unpaired) electrons. The van der Waals surface area contributed by atoms with Crippen molar-refractivity contribution in [3.05, 3.63) is 29.8 Å². The molecular formula is C19H26F2N2O3. The molecule has 1 aromatic rings. The molecule has 1 amide bonds. The number of carbonyl (C=O) groups excluding carboxylic acids is 1. The Morgan fingerprint density at radius 1 is 1.15 bits per heavy atom. The second-order valence-corrected chi connectivity index (χ2v) is 6.97. The van der Waals surface area contributed by atoms with E-state index in [0.29, 0.717) is 19.7 Å². The van der Waals surface area contributed by atoms with Crippen molar-refractivity contribution in [2.75, 3.05) is 33.4 Å². The van der Waals surface area contributed by atoms with Crippen LogP contribution >= 0.6 is 0 Å². The third-order valence-electron chi connectivity index (χ3n) is 5.41. The number of hydrogen-bond acceptors (Lipinski definition) is 4. The molecule has 2 heterocycles. The van der Waals surface area contributed by atoms with Crippen molar-refractivity contribution < 1.29 is 23.0 Å². The Labute approximate surface area is 152 Å². The first-order valence-corrected chi connectivity index (χ1v) is 9.12. The van der Waals surface area contributed by atoms with Crippen LogP contribution in [0.25, 0.3) is 0 Å². The lowest BCUT2D eigenvalue weighted by molar-refractivity contribution is -0.148. The number of hydrogen-bond donors (Lipinski definition) is 0. The summed E-state index contributed by atoms with van der Waals surface area (Å²) >= 11 is 0. The highest BCUT2D eigenvalue weighted by Crippen LogP contribution is 2.39. The van der Waals surface area contributed by atoms with E-state index < -0.39 is 12.2 Å². The fourth-order valence-corrected chi connectivity index (χ4v) is 4.17. The quantitative estimate of drug-likeness (QED) is 0.742. The van der Waals surface area contributed by atoms with Gasteiger partial charge >= 0.3 is 6.61 Å². The van der Waals surface area contributed by atoms with Crippen molar-refractivity contribution in [1.29, 1.82) is 0 Å². The second-order valence-electron chi connectivity index (χ2n) is 6.97. The van der Waals surface area contributed by atoms with Crippen LogP contribution < -0.4 is 4.74 Å². The van der Waals surface area contributed by atoms with Crippen molar-refractivity contribution in [2.24, 2.45) is 0 Å². The largest absolute Gasteiger partial charge is 0.435 e. The summed E-state index contributed by atoms with van der Waals surface area (Å²) in [6, 6.07) is 6.69. The molecule has 2 aliphatic rings. The Kier molecular flexibility index (Phi) is 6.09. The molecule has 5 nitrogen and oxygen atoms in total. The summed E-state index contributed by atoms with van der Waals surface area (Å²) in [5.41, 5.74) is 0.569. The molecule has 1 aromatic carbocycles. The van der Waals surface area contributed by atoms with Gasteiger partial charge in [0.2, 0.25) is 5.91 Å². The molecule has 0 aliphatic carbocycles. The summed E-state index contributed by atoms with van der Waals surface area (Å²) in [5.74, 6) is 0.357. The fourth-order valence-electron chi connectivity index (χ4n) is 4.17. The van der Waals surface area contributed by atoms with Gasteiger partial charge in [-0.1, -0.05) is 12.1 Å². The maximum atomic E-state index is 13.2. The average Bonchev–Trinajstić information content (AvgIpc) is 3.01. The zero-order valence-electron chi connectivity index (χ0n) is 15.1. The number of carbonyl (C=O) groups is 1. The van der Waals surface area contributed by atoms with Crippen molar-refractivity contribution in [2.45, 2.75) is 44.4 Å². The van der Waals surface area contributed by atoms with Gasteiger partial charge in [0, 0.05) is 26.7 Å². The molecule has 144 valence electrons. The summed E-state index contributed by atoms with van der Waals surface area (Å²) in [4.78, 5) is 17.3. The van der Waals surface area contributed by atoms with E-state index in [1.165, 1.54) is 0 Å². The molecule has 1 unspecified atom stereocenters. The molecule has 0 saturated carbocycles. The van der Waals surface area contributed by atoms with Crippen LogP contribution in [0.4, 0.5) is 8.78 Å². The first-order chi connectivity index (χ1) is 12.5. The van der Waals surface area contributed by atoms with E-state index in [9.17, 15) is 13.6 Å². The van der Waals surface area contributed by atoms with E-state index in [1.54, 1.807) is 31.4 Å². The number of rotatable bonds is 7. The zero-order valence-corrected chi connectivity index (χ0v) is 15.1. The van der Waals surface area contributed by atoms with Crippen LogP contribution in [0.15, 0.2) is 24.3 Å². The Morgan fingerprint density at radius 2 is 1.85 bits per heavy atom. The molecule has 0 N–H and O–H groups in total. The summed E-state index contributed by atoms with van der Waals surface area (Å²) in [6.45, 7) is 0.661. The molecule has 2 saturated heterocycles. The third kappa shape index (κ3) is 3.99. The van der Waals surface area contributed by atoms with E-state index in [2.05, 4.69) is 9.64 Å². The minimum Gasteiger partial charge on any atom is -0.435 e. The number of likely N-dealkylation sites (tertiary alicyclic amines) is 2. The van der Waals surface area contributed by atoms with Crippen molar-refractivity contribution >= 4 is 5.91 Å². The predicted octanol–water partition coefficient (Wildman–Crippen LogP) is 2.89. The van der Waals surface area contributed by atoms with Crippen LogP contribution in [0.2, 0.25) is 0 Å². The van der Waals surface area contributed by atoms with E-state index in [-0.39, 0.29) is 11.7 Å². The van der Waals surface area contributed by atoms with Crippen molar-refractivity contribution in [3.8, 4) is 5.75 Å². The van der Waals surface area contributed by atoms with Gasteiger partial charge in [-0.2, -0.15) is 8.78 Å². The Bertz CT molecular complexity index is 611. The molecule has 2 fully saturated rings. The van der Waals surface area contributed by atoms with Crippen LogP contribution in [0.1, 0.15) is 31.2 Å². The molecule has 26 heavy (non-hydrogen) atoms. The van der Waals surface area contributed by atoms with E-state index in [4.69, 9.17) is 4.74 Å². The van der Waals surface area contributed by atoms with E-state index in [0.717, 1.165) is 44.3 Å². The van der Waals surface area contributed by atoms with Gasteiger partial charge in [-0.3, -0.25) is 9.69 Å². The minimum atomic E-state index is -2.82. The molecule has 7 heteroatoms. The van der Waals surface area contributed by atoms with Gasteiger partial charge in [0.25, 0.3) is 0 Å². The van der Waals surface area contributed by atoms with Crippen LogP contribution in [-0.4, -0.2) is 61.2 Å². The van der Waals surface area contributed by atoms with Crippen LogP contribution in [0.3, 0.4) is 0 Å². The topological polar surface area (TPSA) is 42.0 Å². The molecule has 0 bridgehead atoms. The maximum absolute atomic E-state index is 13.2. The normalized spacial score (nSPS) is 24.0. The zero-order chi connectivity index (χ0) is 18.6. The van der Waals surface area contributed by atoms with Gasteiger partial charge in [-0.25, -0.2) is 0 Å². The number of amides is 1. The lowest BCUT2D eigenvalue weighted by Gasteiger charge is -2.44. The molecule has 3 rings (SSSR count). The number of benzene rings is 1. The number of nitrogens with zero attached hydrogens (tertiary/aromatic N) is 2. The second kappa shape index (κ2) is 8.31. The third-order valence-corrected chi connectivity index (χ3v) is 5.41. The molecule has 1 atom stereocenters. The predicted molar refractivity (Wildman–Crippen MR) is 93.1 cm³/mol. The highest BCUT2D eigenvalue weighted by molar-refractivity contribution is 5.87. The Hall–Kier alpha value is -1.73. The SMILES string of the molecule is COCCN1CCCC2(CCCN2Cc2ccc(OC(F)F)cc2)C1=O. The fraction of sp³-hybridized carbons (Fsp3) is 0.632. The maximum Gasteiger partial charge on any atom is 0.387 e. The van der Waals surface area contributed by atoms with Crippen LogP contribution in [-0.2, 0) is 16.1 Å². The highest BCUT2D eigenvalue weighted by Gasteiger charge is 2.50. The summed E-state index contributed by atoms with van der Waals surface area (Å²) in [5, 5.41) is 0. The molecule has 1 spiro atoms. The summed E-state index contributed by atoms with van der Waals surface area (Å²) in [6.07, 6.45) is 3.74. The van der Waals surface area contributed by atoms with Gasteiger partial charge in [0.15, 0.2) is 0 Å². The van der Waals surface area contributed by atoms with Gasteiger partial charge in [0.1, 0.15) is 11.3 Å². The number of halogens is 2. The highest BCUT2D eigenvalue weighted by atomic mass is 19.3. The van der Waals surface area contributed by atoms with Crippen molar-refractivity contribution in [3.63, 3.8) is 0 Å². The number of methoxy groups -OCH3 is 1. The standard InChI is InChI=1S/C19H26F2N2O3/c1-25-13-12-22-10-2-8-19(17(22)24)9-3-11-23(19)14-15-4-6-16(7-5-15)26-18(20)21/h4-7,18H,2-3,8-14H2,1H3. The molecule has 2 aliphatic heterocycles. The van der Waals surface area contributed by atoms with Crippen molar-refractivity contribution in [1.82, 2.24) is 9.80 Å². The number of ether oxygens (including phenoxy) is 2. The Balaban J connectivity index is 1.70. The minimum absolute atomic E-state index is 0.152. The lowest BCUT2D eigenvalue weighted by atomic mass is 9.85. The molecule has 0 aromatic heterocycles. The monoisotopic (exact) mass is 368 g/mol. The average molecular weight is 368 g/mol. The first-order valence-electron chi connectivity index (χ1n) is 9.12. The van der Waals surface area contributed by atoms with Gasteiger partial charge < -0.3 is 14.4 Å². The van der Waals surface area contributed by atoms with Crippen LogP contribution in [0.5, 0.6) is 5.75 Å². The van der Waals surface area contributed by atoms with Gasteiger partial charge in [0.05, 0.1) is 6.61 Å². The smallest absolute Gasteiger partial charge is 0.387 e. The summed E-state index contributed by atoms with van der Waals surface area (Å²) in [7, 11) is 1.65. The molecular weight excluding hydrogens is 342 g/mol. The van der Waals surface area contributed by atoms with E-state index in [1.807, 2.05) is 4.90 Å². The van der Waals surface area contributed by atoms with Crippen LogP contribution in [0, 0.1) is 0 Å². The first kappa shape index (κ1) is 19.0. The van der Waals surface area contributed by atoms with E-state index >= 15 is 0 Å². The lowest BCUT2D eigenvalue weighted by Crippen LogP contribution is -2.60. The number of piperidine rings is 1. The van der Waals surface area contributed by atoms with Gasteiger partial charge in [-0.05, 0) is 49.9 Å². The Morgan fingerprint density at radius 3 is 2.50 bits per heavy atom.